The van der Waals surface area contributed by atoms with Crippen molar-refractivity contribution >= 4 is 33.9 Å². The molecule has 1 aliphatic carbocycles. The fourth-order valence-electron chi connectivity index (χ4n) is 4.36. The molecule has 5 nitrogen and oxygen atoms in total. The lowest BCUT2D eigenvalue weighted by atomic mass is 9.88. The van der Waals surface area contributed by atoms with Crippen molar-refractivity contribution in [2.45, 2.75) is 38.5 Å². The maximum atomic E-state index is 7.54. The first kappa shape index (κ1) is 20.6. The van der Waals surface area contributed by atoms with Crippen LogP contribution in [0.2, 0.25) is 5.02 Å². The summed E-state index contributed by atoms with van der Waals surface area (Å²) in [4.78, 5) is 7.94. The van der Waals surface area contributed by atoms with E-state index >= 15 is 0 Å². The Bertz CT molecular complexity index is 1330. The van der Waals surface area contributed by atoms with Gasteiger partial charge in [0.1, 0.15) is 0 Å². The Balaban J connectivity index is 1.47. The van der Waals surface area contributed by atoms with E-state index in [4.69, 9.17) is 28.6 Å². The molecular formula is C26H23ClN4O. The minimum atomic E-state index is 0.238. The molecule has 2 heterocycles. The standard InChI is InChI=1S/C26H23ClN4O/c1-16-8-25-20(11-24(16)29-2)22(21-12-30-13-23(28)26(21)27)14-31(25)18-9-19(10-18)32-15-17-6-4-3-5-7-17/h3-8,11-14,18-19H,9-10,15,28H2,1H3. The molecule has 6 heteroatoms. The third kappa shape index (κ3) is 3.62. The monoisotopic (exact) mass is 442 g/mol. The number of nitrogens with zero attached hydrogens (tertiary/aromatic N) is 3. The smallest absolute Gasteiger partial charge is 0.190 e. The SMILES string of the molecule is [C-]#[N+]c1cc2c(-c3cncc(N)c3Cl)cn(C3CC(OCc4ccccc4)C3)c2cc1C. The van der Waals surface area contributed by atoms with Gasteiger partial charge in [-0.1, -0.05) is 41.9 Å². The first-order chi connectivity index (χ1) is 15.5. The quantitative estimate of drug-likeness (QED) is 0.349. The first-order valence-corrected chi connectivity index (χ1v) is 11.0. The molecule has 0 unspecified atom stereocenters. The highest BCUT2D eigenvalue weighted by molar-refractivity contribution is 6.36. The van der Waals surface area contributed by atoms with Crippen molar-refractivity contribution in [3.05, 3.63) is 88.6 Å². The van der Waals surface area contributed by atoms with E-state index in [1.54, 1.807) is 12.4 Å². The number of nitrogens with two attached hydrogens (primary N) is 1. The van der Waals surface area contributed by atoms with Gasteiger partial charge in [-0.05, 0) is 48.4 Å². The number of anilines is 1. The van der Waals surface area contributed by atoms with E-state index in [-0.39, 0.29) is 6.10 Å². The second kappa shape index (κ2) is 8.31. The van der Waals surface area contributed by atoms with Crippen LogP contribution in [0, 0.1) is 13.5 Å². The van der Waals surface area contributed by atoms with Gasteiger partial charge in [0.15, 0.2) is 5.69 Å². The van der Waals surface area contributed by atoms with Crippen LogP contribution in [0.1, 0.15) is 30.0 Å². The zero-order chi connectivity index (χ0) is 22.2. The normalized spacial score (nSPS) is 17.8. The van der Waals surface area contributed by atoms with Gasteiger partial charge in [0.25, 0.3) is 0 Å². The average Bonchev–Trinajstić information content (AvgIpc) is 3.12. The molecule has 0 saturated heterocycles. The summed E-state index contributed by atoms with van der Waals surface area (Å²) in [5, 5.41) is 1.48. The summed E-state index contributed by atoms with van der Waals surface area (Å²) < 4.78 is 8.41. The van der Waals surface area contributed by atoms with Crippen LogP contribution in [-0.2, 0) is 11.3 Å². The molecule has 0 spiro atoms. The molecule has 0 atom stereocenters. The van der Waals surface area contributed by atoms with E-state index in [0.717, 1.165) is 40.4 Å². The predicted octanol–water partition coefficient (Wildman–Crippen LogP) is 6.72. The van der Waals surface area contributed by atoms with Crippen molar-refractivity contribution in [2.75, 3.05) is 5.73 Å². The molecule has 2 aromatic carbocycles. The van der Waals surface area contributed by atoms with Crippen molar-refractivity contribution in [1.29, 1.82) is 0 Å². The van der Waals surface area contributed by atoms with E-state index in [1.807, 2.05) is 31.2 Å². The maximum Gasteiger partial charge on any atom is 0.190 e. The molecule has 32 heavy (non-hydrogen) atoms. The summed E-state index contributed by atoms with van der Waals surface area (Å²) in [5.74, 6) is 0. The number of fused-ring (bicyclic) bond motifs is 1. The number of halogens is 1. The number of aryl methyl sites for hydroxylation is 1. The van der Waals surface area contributed by atoms with Crippen LogP contribution in [0.5, 0.6) is 0 Å². The van der Waals surface area contributed by atoms with Crippen molar-refractivity contribution in [3.8, 4) is 11.1 Å². The fraction of sp³-hybridized carbons (Fsp3) is 0.231. The van der Waals surface area contributed by atoms with E-state index in [9.17, 15) is 0 Å². The van der Waals surface area contributed by atoms with Gasteiger partial charge in [-0.2, -0.15) is 0 Å². The van der Waals surface area contributed by atoms with E-state index < -0.39 is 0 Å². The molecular weight excluding hydrogens is 420 g/mol. The van der Waals surface area contributed by atoms with Gasteiger partial charge in [0, 0.05) is 35.1 Å². The van der Waals surface area contributed by atoms with E-state index in [1.165, 1.54) is 5.56 Å². The van der Waals surface area contributed by atoms with Gasteiger partial charge in [-0.15, -0.1) is 0 Å². The lowest BCUT2D eigenvalue weighted by Crippen LogP contribution is -2.32. The van der Waals surface area contributed by atoms with Gasteiger partial charge in [-0.3, -0.25) is 4.98 Å². The second-order valence-corrected chi connectivity index (χ2v) is 8.73. The summed E-state index contributed by atoms with van der Waals surface area (Å²) in [6.45, 7) is 10.1. The average molecular weight is 443 g/mol. The molecule has 1 aliphatic rings. The minimum absolute atomic E-state index is 0.238. The summed E-state index contributed by atoms with van der Waals surface area (Å²) >= 11 is 6.54. The Hall–Kier alpha value is -3.33. The molecule has 0 bridgehead atoms. The number of ether oxygens (including phenoxy) is 1. The Labute approximate surface area is 192 Å². The summed E-state index contributed by atoms with van der Waals surface area (Å²) in [6, 6.07) is 14.6. The largest absolute Gasteiger partial charge is 0.396 e. The van der Waals surface area contributed by atoms with E-state index in [0.29, 0.717) is 29.0 Å². The number of hydrogen-bond acceptors (Lipinski definition) is 3. The van der Waals surface area contributed by atoms with Gasteiger partial charge < -0.3 is 15.0 Å². The summed E-state index contributed by atoms with van der Waals surface area (Å²) in [5.41, 5.74) is 12.1. The number of aromatic nitrogens is 2. The van der Waals surface area contributed by atoms with Gasteiger partial charge >= 0.3 is 0 Å². The lowest BCUT2D eigenvalue weighted by Gasteiger charge is -2.36. The number of hydrogen-bond donors (Lipinski definition) is 1. The predicted molar refractivity (Wildman–Crippen MR) is 129 cm³/mol. The van der Waals surface area contributed by atoms with Gasteiger partial charge in [0.05, 0.1) is 36.2 Å². The lowest BCUT2D eigenvalue weighted by molar-refractivity contribution is -0.0346. The third-order valence-electron chi connectivity index (χ3n) is 6.26. The van der Waals surface area contributed by atoms with Crippen LogP contribution >= 0.6 is 11.6 Å². The Kier molecular flexibility index (Phi) is 5.34. The summed E-state index contributed by atoms with van der Waals surface area (Å²) in [6.07, 6.45) is 7.55. The molecule has 4 aromatic rings. The molecule has 5 rings (SSSR count). The third-order valence-corrected chi connectivity index (χ3v) is 6.68. The Morgan fingerprint density at radius 2 is 1.97 bits per heavy atom. The molecule has 0 aliphatic heterocycles. The first-order valence-electron chi connectivity index (χ1n) is 10.6. The van der Waals surface area contributed by atoms with Crippen molar-refractivity contribution in [3.63, 3.8) is 0 Å². The van der Waals surface area contributed by atoms with Crippen LogP contribution < -0.4 is 5.73 Å². The highest BCUT2D eigenvalue weighted by atomic mass is 35.5. The maximum absolute atomic E-state index is 7.54. The van der Waals surface area contributed by atoms with Gasteiger partial charge in [-0.25, -0.2) is 4.85 Å². The van der Waals surface area contributed by atoms with Crippen LogP contribution in [0.3, 0.4) is 0 Å². The number of benzene rings is 2. The molecule has 2 aromatic heterocycles. The van der Waals surface area contributed by atoms with Crippen LogP contribution in [0.15, 0.2) is 61.1 Å². The highest BCUT2D eigenvalue weighted by Crippen LogP contribution is 2.44. The number of nitrogen functional groups attached to an aromatic ring is 1. The molecule has 0 radical (unpaired) electrons. The van der Waals surface area contributed by atoms with Crippen molar-refractivity contribution in [1.82, 2.24) is 9.55 Å². The molecule has 0 amide bonds. The fourth-order valence-corrected chi connectivity index (χ4v) is 4.56. The zero-order valence-corrected chi connectivity index (χ0v) is 18.5. The van der Waals surface area contributed by atoms with Crippen molar-refractivity contribution in [2.24, 2.45) is 0 Å². The molecule has 1 saturated carbocycles. The number of pyridine rings is 1. The Morgan fingerprint density at radius 1 is 1.19 bits per heavy atom. The molecule has 2 N–H and O–H groups in total. The topological polar surface area (TPSA) is 57.4 Å². The number of rotatable bonds is 5. The van der Waals surface area contributed by atoms with Crippen LogP contribution in [0.25, 0.3) is 26.9 Å². The zero-order valence-electron chi connectivity index (χ0n) is 17.8. The minimum Gasteiger partial charge on any atom is -0.396 e. The van der Waals surface area contributed by atoms with E-state index in [2.05, 4.69) is 38.8 Å². The second-order valence-electron chi connectivity index (χ2n) is 8.35. The van der Waals surface area contributed by atoms with Gasteiger partial charge in [0.2, 0.25) is 0 Å². The summed E-state index contributed by atoms with van der Waals surface area (Å²) in [7, 11) is 0. The Morgan fingerprint density at radius 3 is 2.72 bits per heavy atom. The van der Waals surface area contributed by atoms with Crippen LogP contribution in [-0.4, -0.2) is 15.7 Å². The molecule has 160 valence electrons. The highest BCUT2D eigenvalue weighted by Gasteiger charge is 2.33. The molecule has 1 fully saturated rings. The van der Waals surface area contributed by atoms with Crippen LogP contribution in [0.4, 0.5) is 11.4 Å². The van der Waals surface area contributed by atoms with Crippen molar-refractivity contribution < 1.29 is 4.74 Å².